The number of hydrogen-bond donors (Lipinski definition) is 2. The highest BCUT2D eigenvalue weighted by Gasteiger charge is 2.22. The standard InChI is InChI=1S/C16H17N3OS/c1-11-7-8-14(18-10-11)19-16(20)13(15(17)21)9-12-5-3-2-4-6-12/h2-8,10,13H,9H2,1H3,(H2,17,21)(H,18,19,20). The highest BCUT2D eigenvalue weighted by molar-refractivity contribution is 7.80. The van der Waals surface area contributed by atoms with E-state index < -0.39 is 5.92 Å². The summed E-state index contributed by atoms with van der Waals surface area (Å²) >= 11 is 5.03. The third-order valence-corrected chi connectivity index (χ3v) is 3.39. The smallest absolute Gasteiger partial charge is 0.235 e. The van der Waals surface area contributed by atoms with Crippen LogP contribution in [0.1, 0.15) is 11.1 Å². The Morgan fingerprint density at radius 3 is 2.57 bits per heavy atom. The second-order valence-corrected chi connectivity index (χ2v) is 5.33. The van der Waals surface area contributed by atoms with Gasteiger partial charge in [0.05, 0.1) is 10.9 Å². The average molecular weight is 299 g/mol. The van der Waals surface area contributed by atoms with Gasteiger partial charge in [0.25, 0.3) is 0 Å². The molecule has 0 saturated heterocycles. The monoisotopic (exact) mass is 299 g/mol. The first kappa shape index (κ1) is 15.1. The summed E-state index contributed by atoms with van der Waals surface area (Å²) in [7, 11) is 0. The lowest BCUT2D eigenvalue weighted by Gasteiger charge is -2.15. The van der Waals surface area contributed by atoms with Gasteiger partial charge < -0.3 is 11.1 Å². The SMILES string of the molecule is Cc1ccc(NC(=O)C(Cc2ccccc2)C(N)=S)nc1. The Labute approximate surface area is 129 Å². The minimum Gasteiger partial charge on any atom is -0.393 e. The summed E-state index contributed by atoms with van der Waals surface area (Å²) in [6.45, 7) is 1.94. The van der Waals surface area contributed by atoms with Crippen LogP contribution in [0.15, 0.2) is 48.7 Å². The van der Waals surface area contributed by atoms with Crippen molar-refractivity contribution in [1.29, 1.82) is 0 Å². The Morgan fingerprint density at radius 1 is 1.29 bits per heavy atom. The lowest BCUT2D eigenvalue weighted by molar-refractivity contribution is -0.118. The molecule has 0 aliphatic carbocycles. The molecule has 5 heteroatoms. The second kappa shape index (κ2) is 6.95. The molecule has 1 aromatic carbocycles. The first-order valence-electron chi connectivity index (χ1n) is 6.63. The van der Waals surface area contributed by atoms with Gasteiger partial charge in [0.1, 0.15) is 5.82 Å². The van der Waals surface area contributed by atoms with E-state index in [4.69, 9.17) is 18.0 Å². The fourth-order valence-corrected chi connectivity index (χ4v) is 2.12. The summed E-state index contributed by atoms with van der Waals surface area (Å²) < 4.78 is 0. The van der Waals surface area contributed by atoms with Gasteiger partial charge in [-0.25, -0.2) is 4.98 Å². The number of nitrogens with two attached hydrogens (primary N) is 1. The molecule has 1 unspecified atom stereocenters. The van der Waals surface area contributed by atoms with Crippen LogP contribution >= 0.6 is 12.2 Å². The molecule has 2 aromatic rings. The molecular formula is C16H17N3OS. The van der Waals surface area contributed by atoms with E-state index in [0.717, 1.165) is 11.1 Å². The van der Waals surface area contributed by atoms with E-state index in [1.54, 1.807) is 12.3 Å². The van der Waals surface area contributed by atoms with E-state index in [2.05, 4.69) is 10.3 Å². The number of carbonyl (C=O) groups is 1. The number of nitrogens with one attached hydrogen (secondary N) is 1. The first-order chi connectivity index (χ1) is 10.1. The van der Waals surface area contributed by atoms with Gasteiger partial charge >= 0.3 is 0 Å². The summed E-state index contributed by atoms with van der Waals surface area (Å²) in [4.78, 5) is 16.7. The van der Waals surface area contributed by atoms with Gasteiger partial charge in [-0.3, -0.25) is 4.79 Å². The van der Waals surface area contributed by atoms with Crippen LogP contribution in [0.25, 0.3) is 0 Å². The molecule has 3 N–H and O–H groups in total. The highest BCUT2D eigenvalue weighted by atomic mass is 32.1. The number of benzene rings is 1. The van der Waals surface area contributed by atoms with E-state index in [0.29, 0.717) is 12.2 Å². The maximum atomic E-state index is 12.3. The van der Waals surface area contributed by atoms with Crippen molar-refractivity contribution in [3.8, 4) is 0 Å². The predicted molar refractivity (Wildman–Crippen MR) is 88.0 cm³/mol. The van der Waals surface area contributed by atoms with Crippen molar-refractivity contribution in [3.63, 3.8) is 0 Å². The number of hydrogen-bond acceptors (Lipinski definition) is 3. The van der Waals surface area contributed by atoms with Crippen molar-refractivity contribution < 1.29 is 4.79 Å². The molecule has 0 fully saturated rings. The lowest BCUT2D eigenvalue weighted by Crippen LogP contribution is -2.35. The van der Waals surface area contributed by atoms with E-state index in [9.17, 15) is 4.79 Å². The molecule has 2 rings (SSSR count). The van der Waals surface area contributed by atoms with E-state index in [1.165, 1.54) is 0 Å². The normalized spacial score (nSPS) is 11.7. The maximum Gasteiger partial charge on any atom is 0.235 e. The van der Waals surface area contributed by atoms with Crippen LogP contribution in [-0.4, -0.2) is 15.9 Å². The predicted octanol–water partition coefficient (Wildman–Crippen LogP) is 2.47. The number of pyridine rings is 1. The van der Waals surface area contributed by atoms with Crippen molar-refractivity contribution in [2.24, 2.45) is 11.7 Å². The number of anilines is 1. The Morgan fingerprint density at radius 2 is 2.00 bits per heavy atom. The van der Waals surface area contributed by atoms with Gasteiger partial charge in [0.15, 0.2) is 0 Å². The van der Waals surface area contributed by atoms with E-state index >= 15 is 0 Å². The summed E-state index contributed by atoms with van der Waals surface area (Å²) in [6.07, 6.45) is 2.18. The molecule has 108 valence electrons. The van der Waals surface area contributed by atoms with Crippen molar-refractivity contribution in [2.75, 3.05) is 5.32 Å². The Hall–Kier alpha value is -2.27. The minimum atomic E-state index is -0.550. The minimum absolute atomic E-state index is 0.184. The van der Waals surface area contributed by atoms with Gasteiger partial charge in [-0.15, -0.1) is 0 Å². The van der Waals surface area contributed by atoms with Gasteiger partial charge in [0, 0.05) is 6.20 Å². The zero-order chi connectivity index (χ0) is 15.2. The Kier molecular flexibility index (Phi) is 5.00. The summed E-state index contributed by atoms with van der Waals surface area (Å²) in [5, 5.41) is 2.75. The third kappa shape index (κ3) is 4.36. The van der Waals surface area contributed by atoms with Crippen molar-refractivity contribution in [2.45, 2.75) is 13.3 Å². The molecule has 0 saturated carbocycles. The Balaban J connectivity index is 2.09. The van der Waals surface area contributed by atoms with E-state index in [1.807, 2.05) is 43.3 Å². The van der Waals surface area contributed by atoms with Gasteiger partial charge in [-0.1, -0.05) is 48.6 Å². The number of rotatable bonds is 5. The topological polar surface area (TPSA) is 68.0 Å². The molecule has 0 radical (unpaired) electrons. The van der Waals surface area contributed by atoms with Gasteiger partial charge in [-0.2, -0.15) is 0 Å². The number of aryl methyl sites for hydroxylation is 1. The van der Waals surface area contributed by atoms with Crippen molar-refractivity contribution in [1.82, 2.24) is 4.98 Å². The molecule has 1 amide bonds. The molecule has 0 aliphatic rings. The van der Waals surface area contributed by atoms with Crippen molar-refractivity contribution >= 4 is 28.9 Å². The molecule has 1 atom stereocenters. The maximum absolute atomic E-state index is 12.3. The van der Waals surface area contributed by atoms with Crippen LogP contribution in [0.5, 0.6) is 0 Å². The zero-order valence-corrected chi connectivity index (χ0v) is 12.6. The number of aromatic nitrogens is 1. The fraction of sp³-hybridized carbons (Fsp3) is 0.188. The lowest BCUT2D eigenvalue weighted by atomic mass is 9.98. The van der Waals surface area contributed by atoms with Crippen molar-refractivity contribution in [3.05, 3.63) is 59.8 Å². The van der Waals surface area contributed by atoms with E-state index in [-0.39, 0.29) is 10.9 Å². The van der Waals surface area contributed by atoms with Crippen LogP contribution in [0, 0.1) is 12.8 Å². The number of thiocarbonyl (C=S) groups is 1. The highest BCUT2D eigenvalue weighted by Crippen LogP contribution is 2.12. The molecule has 0 aliphatic heterocycles. The number of carbonyl (C=O) groups excluding carboxylic acids is 1. The molecule has 4 nitrogen and oxygen atoms in total. The van der Waals surface area contributed by atoms with Gasteiger partial charge in [-0.05, 0) is 30.5 Å². The zero-order valence-electron chi connectivity index (χ0n) is 11.7. The third-order valence-electron chi connectivity index (χ3n) is 3.11. The van der Waals surface area contributed by atoms with Crippen LogP contribution in [0.3, 0.4) is 0 Å². The largest absolute Gasteiger partial charge is 0.393 e. The second-order valence-electron chi connectivity index (χ2n) is 4.85. The summed E-state index contributed by atoms with van der Waals surface area (Å²) in [5.74, 6) is -0.284. The van der Waals surface area contributed by atoms with Gasteiger partial charge in [0.2, 0.25) is 5.91 Å². The first-order valence-corrected chi connectivity index (χ1v) is 7.04. The average Bonchev–Trinajstić information content (AvgIpc) is 2.48. The number of amides is 1. The molecular weight excluding hydrogens is 282 g/mol. The quantitative estimate of drug-likeness (QED) is 0.832. The summed E-state index contributed by atoms with van der Waals surface area (Å²) in [6, 6.07) is 13.3. The fourth-order valence-electron chi connectivity index (χ4n) is 1.93. The number of nitrogens with zero attached hydrogens (tertiary/aromatic N) is 1. The molecule has 21 heavy (non-hydrogen) atoms. The van der Waals surface area contributed by atoms with Crippen LogP contribution in [0.2, 0.25) is 0 Å². The van der Waals surface area contributed by atoms with Crippen LogP contribution in [0.4, 0.5) is 5.82 Å². The van der Waals surface area contributed by atoms with Crippen LogP contribution < -0.4 is 11.1 Å². The molecule has 0 bridgehead atoms. The molecule has 1 heterocycles. The summed E-state index contributed by atoms with van der Waals surface area (Å²) in [5.41, 5.74) is 7.76. The molecule has 0 spiro atoms. The molecule has 1 aromatic heterocycles. The van der Waals surface area contributed by atoms with Crippen LogP contribution in [-0.2, 0) is 11.2 Å². The Bertz CT molecular complexity index is 626.